The second kappa shape index (κ2) is 6.28. The maximum Gasteiger partial charge on any atom is 0.317 e. The van der Waals surface area contributed by atoms with Gasteiger partial charge in [0.05, 0.1) is 12.4 Å². The maximum absolute atomic E-state index is 12.0. The van der Waals surface area contributed by atoms with Gasteiger partial charge in [-0.05, 0) is 19.3 Å². The van der Waals surface area contributed by atoms with Crippen LogP contribution in [-0.2, 0) is 14.8 Å². The summed E-state index contributed by atoms with van der Waals surface area (Å²) in [5.74, 6) is 0. The third-order valence-electron chi connectivity index (χ3n) is 4.00. The van der Waals surface area contributed by atoms with Gasteiger partial charge < -0.3 is 15.0 Å². The molecule has 0 unspecified atom stereocenters. The highest BCUT2D eigenvalue weighted by molar-refractivity contribution is 7.88. The first-order valence-electron chi connectivity index (χ1n) is 6.94. The van der Waals surface area contributed by atoms with Crippen LogP contribution in [0.25, 0.3) is 0 Å². The molecule has 2 atom stereocenters. The smallest absolute Gasteiger partial charge is 0.317 e. The molecule has 2 rings (SSSR count). The average molecular weight is 305 g/mol. The van der Waals surface area contributed by atoms with E-state index >= 15 is 0 Å². The fourth-order valence-electron chi connectivity index (χ4n) is 2.87. The van der Waals surface area contributed by atoms with Gasteiger partial charge in [0.1, 0.15) is 0 Å². The minimum atomic E-state index is -3.18. The lowest BCUT2D eigenvalue weighted by Gasteiger charge is -2.24. The van der Waals surface area contributed by atoms with Gasteiger partial charge >= 0.3 is 6.03 Å². The Balaban J connectivity index is 1.82. The van der Waals surface area contributed by atoms with Gasteiger partial charge in [-0.15, -0.1) is 0 Å². The molecule has 2 fully saturated rings. The quantitative estimate of drug-likeness (QED) is 0.783. The first kappa shape index (κ1) is 15.5. The second-order valence-electron chi connectivity index (χ2n) is 5.45. The molecule has 8 heteroatoms. The number of carbonyl (C=O) groups is 1. The molecule has 0 radical (unpaired) electrons. The topological polar surface area (TPSA) is 79.0 Å². The third-order valence-corrected chi connectivity index (χ3v) is 5.34. The Kier molecular flexibility index (Phi) is 4.87. The molecule has 2 amide bonds. The van der Waals surface area contributed by atoms with Crippen molar-refractivity contribution in [2.45, 2.75) is 31.4 Å². The molecular formula is C12H23N3O4S. The Labute approximate surface area is 120 Å². The van der Waals surface area contributed by atoms with Crippen molar-refractivity contribution in [2.75, 3.05) is 39.5 Å². The average Bonchev–Trinajstić information content (AvgIpc) is 3.03. The number of hydrogen-bond acceptors (Lipinski definition) is 4. The number of rotatable bonds is 4. The second-order valence-corrected chi connectivity index (χ2v) is 7.38. The van der Waals surface area contributed by atoms with Gasteiger partial charge in [0.25, 0.3) is 0 Å². The van der Waals surface area contributed by atoms with E-state index in [0.29, 0.717) is 26.2 Å². The third kappa shape index (κ3) is 3.62. The van der Waals surface area contributed by atoms with Gasteiger partial charge in [-0.1, -0.05) is 0 Å². The molecule has 0 aromatic heterocycles. The molecular weight excluding hydrogens is 282 g/mol. The van der Waals surface area contributed by atoms with Crippen LogP contribution in [0.5, 0.6) is 0 Å². The van der Waals surface area contributed by atoms with Crippen LogP contribution in [0.3, 0.4) is 0 Å². The zero-order valence-corrected chi connectivity index (χ0v) is 12.9. The molecule has 1 N–H and O–H groups in total. The van der Waals surface area contributed by atoms with Crippen molar-refractivity contribution < 1.29 is 17.9 Å². The Morgan fingerprint density at radius 1 is 1.35 bits per heavy atom. The Morgan fingerprint density at radius 2 is 2.10 bits per heavy atom. The van der Waals surface area contributed by atoms with Gasteiger partial charge in [0.2, 0.25) is 10.0 Å². The number of carbonyl (C=O) groups excluding carboxylic acids is 1. The molecule has 0 aliphatic carbocycles. The van der Waals surface area contributed by atoms with Gasteiger partial charge in [-0.25, -0.2) is 13.2 Å². The van der Waals surface area contributed by atoms with Crippen LogP contribution >= 0.6 is 0 Å². The number of urea groups is 1. The van der Waals surface area contributed by atoms with Crippen LogP contribution in [0, 0.1) is 0 Å². The highest BCUT2D eigenvalue weighted by Gasteiger charge is 2.32. The van der Waals surface area contributed by atoms with Crippen LogP contribution < -0.4 is 5.32 Å². The summed E-state index contributed by atoms with van der Waals surface area (Å²) in [5.41, 5.74) is 0. The largest absolute Gasteiger partial charge is 0.380 e. The zero-order valence-electron chi connectivity index (χ0n) is 12.0. The van der Waals surface area contributed by atoms with Gasteiger partial charge in [0, 0.05) is 39.3 Å². The molecule has 0 bridgehead atoms. The van der Waals surface area contributed by atoms with Gasteiger partial charge in [-0.3, -0.25) is 0 Å². The van der Waals surface area contributed by atoms with Crippen LogP contribution in [-0.4, -0.2) is 75.3 Å². The van der Waals surface area contributed by atoms with E-state index in [-0.39, 0.29) is 18.2 Å². The SMILES string of the molecule is CO[C@H]1CCN(C(=O)NC[C@H]2CCCN2S(C)(=O)=O)C1. The van der Waals surface area contributed by atoms with Crippen molar-refractivity contribution in [1.82, 2.24) is 14.5 Å². The molecule has 2 aliphatic heterocycles. The summed E-state index contributed by atoms with van der Waals surface area (Å²) in [6.07, 6.45) is 3.83. The van der Waals surface area contributed by atoms with Crippen LogP contribution in [0.2, 0.25) is 0 Å². The van der Waals surface area contributed by atoms with Crippen molar-refractivity contribution in [3.05, 3.63) is 0 Å². The number of hydrogen-bond donors (Lipinski definition) is 1. The molecule has 2 heterocycles. The van der Waals surface area contributed by atoms with Crippen molar-refractivity contribution in [3.63, 3.8) is 0 Å². The fourth-order valence-corrected chi connectivity index (χ4v) is 4.05. The lowest BCUT2D eigenvalue weighted by atomic mass is 10.2. The number of methoxy groups -OCH3 is 1. The predicted molar refractivity (Wildman–Crippen MR) is 75.0 cm³/mol. The molecule has 0 spiro atoms. The van der Waals surface area contributed by atoms with E-state index in [1.54, 1.807) is 12.0 Å². The van der Waals surface area contributed by atoms with Crippen LogP contribution in [0.4, 0.5) is 4.79 Å². The summed E-state index contributed by atoms with van der Waals surface area (Å²) >= 11 is 0. The van der Waals surface area contributed by atoms with E-state index in [2.05, 4.69) is 5.32 Å². The predicted octanol–water partition coefficient (Wildman–Crippen LogP) is -0.159. The number of likely N-dealkylation sites (tertiary alicyclic amines) is 1. The number of ether oxygens (including phenoxy) is 1. The normalized spacial score (nSPS) is 28.0. The monoisotopic (exact) mass is 305 g/mol. The van der Waals surface area contributed by atoms with Crippen molar-refractivity contribution in [1.29, 1.82) is 0 Å². The molecule has 7 nitrogen and oxygen atoms in total. The fraction of sp³-hybridized carbons (Fsp3) is 0.917. The summed E-state index contributed by atoms with van der Waals surface area (Å²) in [7, 11) is -1.54. The Bertz CT molecular complexity index is 454. The lowest BCUT2D eigenvalue weighted by molar-refractivity contribution is 0.110. The van der Waals surface area contributed by atoms with E-state index < -0.39 is 10.0 Å². The molecule has 0 saturated carbocycles. The number of sulfonamides is 1. The van der Waals surface area contributed by atoms with Crippen molar-refractivity contribution in [3.8, 4) is 0 Å². The zero-order chi connectivity index (χ0) is 14.8. The summed E-state index contributed by atoms with van der Waals surface area (Å²) < 4.78 is 29.9. The van der Waals surface area contributed by atoms with E-state index in [0.717, 1.165) is 19.3 Å². The minimum absolute atomic E-state index is 0.111. The first-order chi connectivity index (χ1) is 9.41. The van der Waals surface area contributed by atoms with E-state index in [9.17, 15) is 13.2 Å². The molecule has 2 saturated heterocycles. The van der Waals surface area contributed by atoms with Crippen LogP contribution in [0.15, 0.2) is 0 Å². The Hall–Kier alpha value is -0.860. The first-order valence-corrected chi connectivity index (χ1v) is 8.79. The van der Waals surface area contributed by atoms with Crippen LogP contribution in [0.1, 0.15) is 19.3 Å². The van der Waals surface area contributed by atoms with Gasteiger partial charge in [0.15, 0.2) is 0 Å². The summed E-state index contributed by atoms with van der Waals surface area (Å²) in [4.78, 5) is 13.7. The molecule has 0 aromatic rings. The highest BCUT2D eigenvalue weighted by atomic mass is 32.2. The summed E-state index contributed by atoms with van der Waals surface area (Å²) in [5, 5.41) is 2.84. The summed E-state index contributed by atoms with van der Waals surface area (Å²) in [6, 6.07) is -0.250. The standard InChI is InChI=1S/C12H23N3O4S/c1-19-11-5-7-14(9-11)12(16)13-8-10-4-3-6-15(10)20(2,17)18/h10-11H,3-9H2,1-2H3,(H,13,16)/t10-,11+/m1/s1. The molecule has 2 aliphatic rings. The number of amides is 2. The van der Waals surface area contributed by atoms with Gasteiger partial charge in [-0.2, -0.15) is 4.31 Å². The Morgan fingerprint density at radius 3 is 2.70 bits per heavy atom. The molecule has 20 heavy (non-hydrogen) atoms. The van der Waals surface area contributed by atoms with E-state index in [1.165, 1.54) is 10.6 Å². The van der Waals surface area contributed by atoms with Crippen molar-refractivity contribution in [2.24, 2.45) is 0 Å². The number of nitrogens with zero attached hydrogens (tertiary/aromatic N) is 2. The van der Waals surface area contributed by atoms with Crippen molar-refractivity contribution >= 4 is 16.1 Å². The van der Waals surface area contributed by atoms with E-state index in [1.807, 2.05) is 0 Å². The molecule has 116 valence electrons. The lowest BCUT2D eigenvalue weighted by Crippen LogP contribution is -2.46. The number of nitrogens with one attached hydrogen (secondary N) is 1. The highest BCUT2D eigenvalue weighted by Crippen LogP contribution is 2.19. The molecule has 0 aromatic carbocycles. The van der Waals surface area contributed by atoms with E-state index in [4.69, 9.17) is 4.74 Å². The summed E-state index contributed by atoms with van der Waals surface area (Å²) in [6.45, 7) is 2.21. The maximum atomic E-state index is 12.0. The minimum Gasteiger partial charge on any atom is -0.380 e.